The van der Waals surface area contributed by atoms with E-state index in [1.54, 1.807) is 21.6 Å². The summed E-state index contributed by atoms with van der Waals surface area (Å²) in [5.74, 6) is -0.203. The van der Waals surface area contributed by atoms with E-state index in [1.807, 2.05) is 60.5 Å². The second kappa shape index (κ2) is 5.69. The number of nitrogens with one attached hydrogen (secondary N) is 1. The molecule has 1 aromatic carbocycles. The van der Waals surface area contributed by atoms with Gasteiger partial charge in [0.05, 0.1) is 24.6 Å². The van der Waals surface area contributed by atoms with Crippen LogP contribution in [0, 0.1) is 0 Å². The number of nitrogens with zero attached hydrogens (tertiary/aromatic N) is 5. The van der Waals surface area contributed by atoms with E-state index in [1.165, 1.54) is 0 Å². The molecule has 120 valence electrons. The van der Waals surface area contributed by atoms with E-state index in [-0.39, 0.29) is 5.91 Å². The smallest absolute Gasteiger partial charge is 0.261 e. The van der Waals surface area contributed by atoms with E-state index in [9.17, 15) is 4.79 Å². The predicted molar refractivity (Wildman–Crippen MR) is 89.9 cm³/mol. The van der Waals surface area contributed by atoms with Crippen LogP contribution in [0.2, 0.25) is 0 Å². The Morgan fingerprint density at radius 1 is 1.12 bits per heavy atom. The van der Waals surface area contributed by atoms with Gasteiger partial charge in [0.25, 0.3) is 5.91 Å². The standard InChI is InChI=1S/C17H16N6O/c1-21-7-8-23-17(21)15(10-19-23)16(24)20-14-9-18-22(12-14)11-13-5-3-2-4-6-13/h2-10,12H,11H2,1H3,(H,20,24). The van der Waals surface area contributed by atoms with E-state index in [2.05, 4.69) is 15.5 Å². The number of rotatable bonds is 4. The third kappa shape index (κ3) is 2.56. The van der Waals surface area contributed by atoms with Gasteiger partial charge in [-0.3, -0.25) is 9.48 Å². The van der Waals surface area contributed by atoms with Crippen molar-refractivity contribution >= 4 is 17.2 Å². The Labute approximate surface area is 138 Å². The number of carbonyl (C=O) groups is 1. The highest BCUT2D eigenvalue weighted by Gasteiger charge is 2.15. The summed E-state index contributed by atoms with van der Waals surface area (Å²) in [5, 5.41) is 11.3. The van der Waals surface area contributed by atoms with Gasteiger partial charge in [0, 0.05) is 25.6 Å². The molecule has 0 radical (unpaired) electrons. The number of aryl methyl sites for hydroxylation is 1. The molecule has 7 heteroatoms. The number of imidazole rings is 1. The van der Waals surface area contributed by atoms with Gasteiger partial charge < -0.3 is 9.88 Å². The first-order chi connectivity index (χ1) is 11.7. The Bertz CT molecular complexity index is 995. The number of hydrogen-bond donors (Lipinski definition) is 1. The number of anilines is 1. The van der Waals surface area contributed by atoms with Crippen LogP contribution in [0.5, 0.6) is 0 Å². The van der Waals surface area contributed by atoms with Gasteiger partial charge in [-0.15, -0.1) is 0 Å². The lowest BCUT2D eigenvalue weighted by Crippen LogP contribution is -2.12. The van der Waals surface area contributed by atoms with E-state index < -0.39 is 0 Å². The number of amides is 1. The molecular formula is C17H16N6O. The van der Waals surface area contributed by atoms with Crippen LogP contribution in [-0.2, 0) is 13.6 Å². The van der Waals surface area contributed by atoms with Crippen molar-refractivity contribution in [2.75, 3.05) is 5.32 Å². The summed E-state index contributed by atoms with van der Waals surface area (Å²) in [6.45, 7) is 0.659. The van der Waals surface area contributed by atoms with Crippen molar-refractivity contribution in [2.45, 2.75) is 6.54 Å². The molecule has 0 bridgehead atoms. The van der Waals surface area contributed by atoms with E-state index in [4.69, 9.17) is 0 Å². The maximum absolute atomic E-state index is 12.5. The zero-order valence-corrected chi connectivity index (χ0v) is 13.1. The van der Waals surface area contributed by atoms with Crippen molar-refractivity contribution in [3.05, 3.63) is 72.4 Å². The van der Waals surface area contributed by atoms with Crippen LogP contribution in [0.25, 0.3) is 5.65 Å². The summed E-state index contributed by atoms with van der Waals surface area (Å²) < 4.78 is 5.33. The molecule has 0 fully saturated rings. The first kappa shape index (κ1) is 14.3. The molecule has 1 N–H and O–H groups in total. The topological polar surface area (TPSA) is 69.2 Å². The average molecular weight is 320 g/mol. The summed E-state index contributed by atoms with van der Waals surface area (Å²) in [4.78, 5) is 12.5. The molecule has 0 aliphatic heterocycles. The third-order valence-corrected chi connectivity index (χ3v) is 3.86. The quantitative estimate of drug-likeness (QED) is 0.626. The van der Waals surface area contributed by atoms with Crippen LogP contribution in [0.3, 0.4) is 0 Å². The first-order valence-corrected chi connectivity index (χ1v) is 7.57. The molecule has 3 aromatic heterocycles. The summed E-state index contributed by atoms with van der Waals surface area (Å²) in [7, 11) is 1.88. The molecule has 0 saturated heterocycles. The van der Waals surface area contributed by atoms with Gasteiger partial charge in [-0.25, -0.2) is 4.52 Å². The van der Waals surface area contributed by atoms with Crippen LogP contribution < -0.4 is 5.32 Å². The molecule has 0 spiro atoms. The lowest BCUT2D eigenvalue weighted by molar-refractivity contribution is 0.102. The Kier molecular flexibility index (Phi) is 3.38. The number of fused-ring (bicyclic) bond motifs is 1. The largest absolute Gasteiger partial charge is 0.334 e. The van der Waals surface area contributed by atoms with Crippen molar-refractivity contribution in [1.29, 1.82) is 0 Å². The highest BCUT2D eigenvalue weighted by Crippen LogP contribution is 2.14. The van der Waals surface area contributed by atoms with Gasteiger partial charge in [-0.1, -0.05) is 30.3 Å². The first-order valence-electron chi connectivity index (χ1n) is 7.57. The zero-order chi connectivity index (χ0) is 16.5. The summed E-state index contributed by atoms with van der Waals surface area (Å²) in [6, 6.07) is 10.0. The molecule has 7 nitrogen and oxygen atoms in total. The van der Waals surface area contributed by atoms with Crippen molar-refractivity contribution in [3.8, 4) is 0 Å². The Hall–Kier alpha value is -3.35. The van der Waals surface area contributed by atoms with Crippen LogP contribution >= 0.6 is 0 Å². The third-order valence-electron chi connectivity index (χ3n) is 3.86. The van der Waals surface area contributed by atoms with Crippen LogP contribution in [0.1, 0.15) is 15.9 Å². The van der Waals surface area contributed by atoms with Gasteiger partial charge in [0.2, 0.25) is 0 Å². The Balaban J connectivity index is 1.51. The molecular weight excluding hydrogens is 304 g/mol. The molecule has 0 aliphatic carbocycles. The SMILES string of the molecule is Cn1ccn2ncc(C(=O)Nc3cnn(Cc4ccccc4)c3)c12. The minimum atomic E-state index is -0.203. The monoisotopic (exact) mass is 320 g/mol. The molecule has 3 heterocycles. The number of carbonyl (C=O) groups excluding carboxylic acids is 1. The molecule has 0 atom stereocenters. The summed E-state index contributed by atoms with van der Waals surface area (Å²) in [5.41, 5.74) is 3.09. The Morgan fingerprint density at radius 3 is 2.79 bits per heavy atom. The van der Waals surface area contributed by atoms with Gasteiger partial charge in [0.1, 0.15) is 11.2 Å². The van der Waals surface area contributed by atoms with Gasteiger partial charge in [-0.05, 0) is 5.56 Å². The van der Waals surface area contributed by atoms with Crippen molar-refractivity contribution in [3.63, 3.8) is 0 Å². The van der Waals surface area contributed by atoms with Crippen molar-refractivity contribution < 1.29 is 4.79 Å². The molecule has 24 heavy (non-hydrogen) atoms. The van der Waals surface area contributed by atoms with E-state index in [0.29, 0.717) is 17.8 Å². The highest BCUT2D eigenvalue weighted by atomic mass is 16.1. The molecule has 4 rings (SSSR count). The Morgan fingerprint density at radius 2 is 1.96 bits per heavy atom. The fourth-order valence-electron chi connectivity index (χ4n) is 2.69. The number of aromatic nitrogens is 5. The lowest BCUT2D eigenvalue weighted by atomic mass is 10.2. The maximum Gasteiger partial charge on any atom is 0.261 e. The maximum atomic E-state index is 12.5. The number of hydrogen-bond acceptors (Lipinski definition) is 3. The van der Waals surface area contributed by atoms with Crippen molar-refractivity contribution in [2.24, 2.45) is 7.05 Å². The second-order valence-electron chi connectivity index (χ2n) is 5.60. The molecule has 0 unspecified atom stereocenters. The molecule has 0 aliphatic rings. The molecule has 1 amide bonds. The van der Waals surface area contributed by atoms with E-state index in [0.717, 1.165) is 11.2 Å². The molecule has 0 saturated carbocycles. The number of benzene rings is 1. The second-order valence-corrected chi connectivity index (χ2v) is 5.60. The fraction of sp³-hybridized carbons (Fsp3) is 0.118. The van der Waals surface area contributed by atoms with Gasteiger partial charge in [0.15, 0.2) is 0 Å². The highest BCUT2D eigenvalue weighted by molar-refractivity contribution is 6.08. The normalized spacial score (nSPS) is 11.0. The minimum Gasteiger partial charge on any atom is -0.334 e. The lowest BCUT2D eigenvalue weighted by Gasteiger charge is -2.02. The summed E-state index contributed by atoms with van der Waals surface area (Å²) >= 11 is 0. The predicted octanol–water partition coefficient (Wildman–Crippen LogP) is 2.17. The molecule has 4 aromatic rings. The fourth-order valence-corrected chi connectivity index (χ4v) is 2.69. The average Bonchev–Trinajstić information content (AvgIpc) is 3.27. The van der Waals surface area contributed by atoms with Crippen LogP contribution in [0.4, 0.5) is 5.69 Å². The summed E-state index contributed by atoms with van der Waals surface area (Å²) in [6.07, 6.45) is 8.70. The van der Waals surface area contributed by atoms with E-state index >= 15 is 0 Å². The van der Waals surface area contributed by atoms with Gasteiger partial charge in [-0.2, -0.15) is 10.2 Å². The van der Waals surface area contributed by atoms with Crippen LogP contribution in [0.15, 0.2) is 61.3 Å². The zero-order valence-electron chi connectivity index (χ0n) is 13.1. The minimum absolute atomic E-state index is 0.203. The van der Waals surface area contributed by atoms with Crippen LogP contribution in [-0.4, -0.2) is 29.9 Å². The van der Waals surface area contributed by atoms with Gasteiger partial charge >= 0.3 is 0 Å². The van der Waals surface area contributed by atoms with Crippen molar-refractivity contribution in [1.82, 2.24) is 24.0 Å².